The predicted octanol–water partition coefficient (Wildman–Crippen LogP) is 3.24. The zero-order valence-electron chi connectivity index (χ0n) is 15.6. The van der Waals surface area contributed by atoms with Gasteiger partial charge < -0.3 is 19.7 Å². The van der Waals surface area contributed by atoms with Crippen LogP contribution in [0.5, 0.6) is 11.6 Å². The van der Waals surface area contributed by atoms with Crippen molar-refractivity contribution in [2.75, 3.05) is 33.4 Å². The second kappa shape index (κ2) is 9.80. The fourth-order valence-corrected chi connectivity index (χ4v) is 3.08. The lowest BCUT2D eigenvalue weighted by Crippen LogP contribution is -2.48. The third kappa shape index (κ3) is 5.74. The molecule has 1 N–H and O–H groups in total. The Labute approximate surface area is 172 Å². The number of para-hydroxylation sites is 1. The number of halogens is 4. The summed E-state index contributed by atoms with van der Waals surface area (Å²) in [7, 11) is 1.57. The zero-order valence-corrected chi connectivity index (χ0v) is 16.4. The molecule has 0 bridgehead atoms. The number of carbonyl (C=O) groups is 1. The summed E-state index contributed by atoms with van der Waals surface area (Å²) in [6.07, 6.45) is -3.21. The molecule has 1 amide bonds. The number of piperazine rings is 1. The third-order valence-electron chi connectivity index (χ3n) is 4.37. The van der Waals surface area contributed by atoms with Crippen LogP contribution in [0.15, 0.2) is 42.6 Å². The Morgan fingerprint density at radius 1 is 1.28 bits per heavy atom. The number of amides is 1. The number of ether oxygens (including phenoxy) is 2. The molecule has 158 valence electrons. The molecule has 1 aliphatic rings. The van der Waals surface area contributed by atoms with Gasteiger partial charge in [-0.2, -0.15) is 13.2 Å². The quantitative estimate of drug-likeness (QED) is 0.787. The van der Waals surface area contributed by atoms with Gasteiger partial charge >= 0.3 is 6.18 Å². The largest absolute Gasteiger partial charge is 0.496 e. The minimum atomic E-state index is -4.45. The van der Waals surface area contributed by atoms with Gasteiger partial charge in [0.1, 0.15) is 5.75 Å². The second-order valence-electron chi connectivity index (χ2n) is 6.25. The highest BCUT2D eigenvalue weighted by Gasteiger charge is 2.31. The van der Waals surface area contributed by atoms with Crippen LogP contribution in [0, 0.1) is 0 Å². The van der Waals surface area contributed by atoms with Crippen molar-refractivity contribution in [3.8, 4) is 11.6 Å². The van der Waals surface area contributed by atoms with E-state index in [1.807, 2.05) is 24.3 Å². The van der Waals surface area contributed by atoms with Crippen LogP contribution in [-0.4, -0.2) is 55.3 Å². The summed E-state index contributed by atoms with van der Waals surface area (Å²) in [5.74, 6) is 0.241. The molecule has 6 nitrogen and oxygen atoms in total. The molecule has 2 aromatic rings. The molecular formula is C19H21ClF3N3O3. The third-order valence-corrected chi connectivity index (χ3v) is 4.37. The summed E-state index contributed by atoms with van der Waals surface area (Å²) < 4.78 is 46.7. The molecule has 29 heavy (non-hydrogen) atoms. The van der Waals surface area contributed by atoms with Gasteiger partial charge in [-0.3, -0.25) is 4.79 Å². The SMILES string of the molecule is COc1ccccc1C1CNCCN1C(=O)c1ccc(OCC(F)(F)F)nc1.Cl. The first-order valence-corrected chi connectivity index (χ1v) is 8.69. The van der Waals surface area contributed by atoms with Gasteiger partial charge in [-0.05, 0) is 12.1 Å². The van der Waals surface area contributed by atoms with Gasteiger partial charge in [-0.15, -0.1) is 12.4 Å². The number of carbonyl (C=O) groups excluding carboxylic acids is 1. The first-order valence-electron chi connectivity index (χ1n) is 8.69. The summed E-state index contributed by atoms with van der Waals surface area (Å²) in [5.41, 5.74) is 1.16. The fourth-order valence-electron chi connectivity index (χ4n) is 3.08. The Morgan fingerprint density at radius 3 is 2.69 bits per heavy atom. The van der Waals surface area contributed by atoms with E-state index >= 15 is 0 Å². The van der Waals surface area contributed by atoms with Crippen LogP contribution in [0.25, 0.3) is 0 Å². The van der Waals surface area contributed by atoms with Crippen LogP contribution in [0.2, 0.25) is 0 Å². The van der Waals surface area contributed by atoms with Crippen molar-refractivity contribution in [1.82, 2.24) is 15.2 Å². The van der Waals surface area contributed by atoms with Crippen LogP contribution < -0.4 is 14.8 Å². The van der Waals surface area contributed by atoms with Crippen molar-refractivity contribution >= 4 is 18.3 Å². The number of methoxy groups -OCH3 is 1. The van der Waals surface area contributed by atoms with Crippen LogP contribution >= 0.6 is 12.4 Å². The molecule has 1 unspecified atom stereocenters. The van der Waals surface area contributed by atoms with E-state index in [0.29, 0.717) is 25.4 Å². The van der Waals surface area contributed by atoms with Gasteiger partial charge in [0.2, 0.25) is 5.88 Å². The summed E-state index contributed by atoms with van der Waals surface area (Å²) in [6, 6.07) is 9.92. The molecule has 10 heteroatoms. The number of alkyl halides is 3. The zero-order chi connectivity index (χ0) is 20.1. The van der Waals surface area contributed by atoms with Crippen molar-refractivity contribution in [3.05, 3.63) is 53.7 Å². The predicted molar refractivity (Wildman–Crippen MR) is 103 cm³/mol. The fraction of sp³-hybridized carbons (Fsp3) is 0.368. The monoisotopic (exact) mass is 431 g/mol. The van der Waals surface area contributed by atoms with Crippen LogP contribution in [-0.2, 0) is 0 Å². The van der Waals surface area contributed by atoms with E-state index in [1.54, 1.807) is 12.0 Å². The number of nitrogens with zero attached hydrogens (tertiary/aromatic N) is 2. The lowest BCUT2D eigenvalue weighted by atomic mass is 10.0. The first kappa shape index (κ1) is 22.8. The highest BCUT2D eigenvalue weighted by molar-refractivity contribution is 5.94. The van der Waals surface area contributed by atoms with E-state index in [2.05, 4.69) is 15.0 Å². The van der Waals surface area contributed by atoms with E-state index in [1.165, 1.54) is 18.3 Å². The topological polar surface area (TPSA) is 63.7 Å². The lowest BCUT2D eigenvalue weighted by molar-refractivity contribution is -0.154. The average Bonchev–Trinajstić information content (AvgIpc) is 2.71. The maximum Gasteiger partial charge on any atom is 0.422 e. The van der Waals surface area contributed by atoms with Crippen molar-refractivity contribution in [2.45, 2.75) is 12.2 Å². The maximum atomic E-state index is 13.0. The van der Waals surface area contributed by atoms with E-state index in [9.17, 15) is 18.0 Å². The Bertz CT molecular complexity index is 818. The number of aromatic nitrogens is 1. The van der Waals surface area contributed by atoms with Gasteiger partial charge in [0.05, 0.1) is 18.7 Å². The normalized spacial score (nSPS) is 16.7. The van der Waals surface area contributed by atoms with Crippen molar-refractivity contribution < 1.29 is 27.4 Å². The highest BCUT2D eigenvalue weighted by Crippen LogP contribution is 2.31. The Kier molecular flexibility index (Phi) is 7.69. The van der Waals surface area contributed by atoms with Gasteiger partial charge in [0.25, 0.3) is 5.91 Å². The number of benzene rings is 1. The molecule has 1 atom stereocenters. The molecule has 1 fully saturated rings. The van der Waals surface area contributed by atoms with Crippen LogP contribution in [0.1, 0.15) is 22.0 Å². The van der Waals surface area contributed by atoms with Crippen molar-refractivity contribution in [1.29, 1.82) is 0 Å². The van der Waals surface area contributed by atoms with Crippen LogP contribution in [0.4, 0.5) is 13.2 Å². The van der Waals surface area contributed by atoms with Crippen molar-refractivity contribution in [2.24, 2.45) is 0 Å². The highest BCUT2D eigenvalue weighted by atomic mass is 35.5. The van der Waals surface area contributed by atoms with E-state index < -0.39 is 12.8 Å². The average molecular weight is 432 g/mol. The number of hydrogen-bond donors (Lipinski definition) is 1. The van der Waals surface area contributed by atoms with Gasteiger partial charge in [0.15, 0.2) is 6.61 Å². The molecule has 1 aliphatic heterocycles. The van der Waals surface area contributed by atoms with E-state index in [4.69, 9.17) is 4.74 Å². The Balaban J connectivity index is 0.00000300. The smallest absolute Gasteiger partial charge is 0.422 e. The van der Waals surface area contributed by atoms with Gasteiger partial charge in [0, 0.05) is 37.5 Å². The van der Waals surface area contributed by atoms with Crippen molar-refractivity contribution in [3.63, 3.8) is 0 Å². The summed E-state index contributed by atoms with van der Waals surface area (Å²) in [5, 5.41) is 3.27. The number of rotatable bonds is 5. The van der Waals surface area contributed by atoms with E-state index in [-0.39, 0.29) is 35.8 Å². The number of pyridine rings is 1. The molecule has 2 heterocycles. The minimum Gasteiger partial charge on any atom is -0.496 e. The van der Waals surface area contributed by atoms with Crippen LogP contribution in [0.3, 0.4) is 0 Å². The minimum absolute atomic E-state index is 0. The molecule has 0 saturated carbocycles. The van der Waals surface area contributed by atoms with Gasteiger partial charge in [-0.25, -0.2) is 4.98 Å². The standard InChI is InChI=1S/C19H20F3N3O3.ClH/c1-27-16-5-3-2-4-14(16)15-11-23-8-9-25(15)18(26)13-6-7-17(24-10-13)28-12-19(20,21)22;/h2-7,10,15,23H,8-9,11-12H2,1H3;1H. The molecule has 1 aromatic heterocycles. The summed E-state index contributed by atoms with van der Waals surface area (Å²) >= 11 is 0. The number of nitrogens with one attached hydrogen (secondary N) is 1. The molecular weight excluding hydrogens is 411 g/mol. The Hall–Kier alpha value is -2.52. The molecule has 1 saturated heterocycles. The summed E-state index contributed by atoms with van der Waals surface area (Å²) in [6.45, 7) is 0.249. The van der Waals surface area contributed by atoms with Gasteiger partial charge in [-0.1, -0.05) is 18.2 Å². The second-order valence-corrected chi connectivity index (χ2v) is 6.25. The molecule has 0 radical (unpaired) electrons. The van der Waals surface area contributed by atoms with E-state index in [0.717, 1.165) is 5.56 Å². The maximum absolute atomic E-state index is 13.0. The lowest BCUT2D eigenvalue weighted by Gasteiger charge is -2.37. The summed E-state index contributed by atoms with van der Waals surface area (Å²) in [4.78, 5) is 18.5. The number of hydrogen-bond acceptors (Lipinski definition) is 5. The first-order chi connectivity index (χ1) is 13.4. The molecule has 0 spiro atoms. The molecule has 1 aromatic carbocycles. The Morgan fingerprint density at radius 2 is 2.03 bits per heavy atom. The molecule has 0 aliphatic carbocycles. The molecule has 3 rings (SSSR count).